The maximum absolute atomic E-state index is 6.80. The minimum atomic E-state index is 0.249. The van der Waals surface area contributed by atoms with Gasteiger partial charge in [0.15, 0.2) is 0 Å². The molecule has 0 aromatic heterocycles. The maximum atomic E-state index is 6.80. The van der Waals surface area contributed by atoms with Crippen LogP contribution in [0.2, 0.25) is 0 Å². The lowest BCUT2D eigenvalue weighted by Crippen LogP contribution is -2.59. The predicted molar refractivity (Wildman–Crippen MR) is 73.2 cm³/mol. The van der Waals surface area contributed by atoms with E-state index in [9.17, 15) is 0 Å². The standard InChI is InChI=1S/C16H30O/c1-5-9-15(11-7-13(15)3)17-16(10-6-2)12-8-14(16)4/h13-14H,5-12H2,1-4H3. The quantitative estimate of drug-likeness (QED) is 0.637. The second-order valence-electron chi connectivity index (χ2n) is 6.61. The van der Waals surface area contributed by atoms with Gasteiger partial charge in [-0.2, -0.15) is 0 Å². The Bertz CT molecular complexity index is 236. The van der Waals surface area contributed by atoms with Gasteiger partial charge >= 0.3 is 0 Å². The van der Waals surface area contributed by atoms with Crippen LogP contribution in [0.1, 0.15) is 79.1 Å². The van der Waals surface area contributed by atoms with E-state index >= 15 is 0 Å². The van der Waals surface area contributed by atoms with Crippen LogP contribution in [0, 0.1) is 11.8 Å². The van der Waals surface area contributed by atoms with Gasteiger partial charge in [-0.25, -0.2) is 0 Å². The summed E-state index contributed by atoms with van der Waals surface area (Å²) in [5.74, 6) is 1.56. The molecule has 0 radical (unpaired) electrons. The summed E-state index contributed by atoms with van der Waals surface area (Å²) < 4.78 is 6.80. The molecular formula is C16H30O. The Balaban J connectivity index is 2.06. The molecule has 0 heterocycles. The van der Waals surface area contributed by atoms with Crippen molar-refractivity contribution in [3.63, 3.8) is 0 Å². The van der Waals surface area contributed by atoms with Crippen molar-refractivity contribution in [1.82, 2.24) is 0 Å². The van der Waals surface area contributed by atoms with Crippen LogP contribution < -0.4 is 0 Å². The monoisotopic (exact) mass is 238 g/mol. The Labute approximate surface area is 107 Å². The summed E-state index contributed by atoms with van der Waals surface area (Å²) in [4.78, 5) is 0. The van der Waals surface area contributed by atoms with Crippen molar-refractivity contribution < 1.29 is 4.74 Å². The largest absolute Gasteiger partial charge is 0.368 e. The van der Waals surface area contributed by atoms with Gasteiger partial charge in [-0.15, -0.1) is 0 Å². The van der Waals surface area contributed by atoms with Gasteiger partial charge in [-0.05, 0) is 50.4 Å². The summed E-state index contributed by atoms with van der Waals surface area (Å²) in [6, 6.07) is 0. The molecule has 0 saturated heterocycles. The van der Waals surface area contributed by atoms with Crippen LogP contribution in [-0.2, 0) is 4.74 Å². The molecule has 2 saturated carbocycles. The van der Waals surface area contributed by atoms with E-state index in [4.69, 9.17) is 4.74 Å². The molecule has 0 amide bonds. The predicted octanol–water partition coefficient (Wildman–Crippen LogP) is 4.94. The second-order valence-corrected chi connectivity index (χ2v) is 6.61. The lowest BCUT2D eigenvalue weighted by Gasteiger charge is -2.58. The molecule has 2 fully saturated rings. The zero-order valence-electron chi connectivity index (χ0n) is 12.2. The van der Waals surface area contributed by atoms with E-state index in [2.05, 4.69) is 27.7 Å². The smallest absolute Gasteiger partial charge is 0.0715 e. The normalized spacial score (nSPS) is 45.2. The third-order valence-electron chi connectivity index (χ3n) is 5.55. The number of hydrogen-bond donors (Lipinski definition) is 0. The van der Waals surface area contributed by atoms with Gasteiger partial charge in [0.05, 0.1) is 11.2 Å². The van der Waals surface area contributed by atoms with E-state index in [1.165, 1.54) is 51.4 Å². The number of rotatable bonds is 6. The summed E-state index contributed by atoms with van der Waals surface area (Å²) >= 11 is 0. The van der Waals surface area contributed by atoms with Crippen LogP contribution in [0.4, 0.5) is 0 Å². The molecule has 0 aliphatic heterocycles. The Hall–Kier alpha value is -0.0400. The van der Waals surface area contributed by atoms with Crippen LogP contribution in [0.15, 0.2) is 0 Å². The molecule has 0 N–H and O–H groups in total. The zero-order valence-corrected chi connectivity index (χ0v) is 12.2. The summed E-state index contributed by atoms with van der Waals surface area (Å²) in [5, 5.41) is 0. The summed E-state index contributed by atoms with van der Waals surface area (Å²) in [5.41, 5.74) is 0.497. The third-order valence-corrected chi connectivity index (χ3v) is 5.55. The topological polar surface area (TPSA) is 9.23 Å². The third kappa shape index (κ3) is 2.16. The molecule has 2 aliphatic carbocycles. The molecule has 0 aromatic carbocycles. The van der Waals surface area contributed by atoms with E-state index in [0.717, 1.165) is 11.8 Å². The summed E-state index contributed by atoms with van der Waals surface area (Å²) in [7, 11) is 0. The molecule has 0 bridgehead atoms. The lowest BCUT2D eigenvalue weighted by atomic mass is 9.63. The average Bonchev–Trinajstić information content (AvgIpc) is 2.33. The molecule has 1 heteroatoms. The van der Waals surface area contributed by atoms with Crippen LogP contribution in [0.5, 0.6) is 0 Å². The van der Waals surface area contributed by atoms with Crippen molar-refractivity contribution in [1.29, 1.82) is 0 Å². The lowest BCUT2D eigenvalue weighted by molar-refractivity contribution is -0.268. The van der Waals surface area contributed by atoms with Gasteiger partial charge in [0.1, 0.15) is 0 Å². The number of hydrogen-bond acceptors (Lipinski definition) is 1. The van der Waals surface area contributed by atoms with E-state index < -0.39 is 0 Å². The fourth-order valence-corrected chi connectivity index (χ4v) is 3.91. The van der Waals surface area contributed by atoms with Crippen LogP contribution in [0.3, 0.4) is 0 Å². The fraction of sp³-hybridized carbons (Fsp3) is 1.00. The molecule has 2 aliphatic rings. The molecule has 0 spiro atoms. The van der Waals surface area contributed by atoms with Crippen molar-refractivity contribution in [3.05, 3.63) is 0 Å². The first kappa shape index (κ1) is 13.4. The molecule has 100 valence electrons. The Kier molecular flexibility index (Phi) is 3.87. The first-order valence-electron chi connectivity index (χ1n) is 7.79. The van der Waals surface area contributed by atoms with E-state index in [-0.39, 0.29) is 11.2 Å². The molecular weight excluding hydrogens is 208 g/mol. The summed E-state index contributed by atoms with van der Waals surface area (Å²) in [6.07, 6.45) is 10.4. The first-order valence-corrected chi connectivity index (χ1v) is 7.79. The number of ether oxygens (including phenoxy) is 1. The molecule has 17 heavy (non-hydrogen) atoms. The highest BCUT2D eigenvalue weighted by molar-refractivity contribution is 5.03. The van der Waals surface area contributed by atoms with Crippen molar-refractivity contribution in [2.45, 2.75) is 90.3 Å². The van der Waals surface area contributed by atoms with Crippen molar-refractivity contribution in [2.24, 2.45) is 11.8 Å². The van der Waals surface area contributed by atoms with Gasteiger partial charge < -0.3 is 4.74 Å². The van der Waals surface area contributed by atoms with Gasteiger partial charge in [0, 0.05) is 0 Å². The van der Waals surface area contributed by atoms with E-state index in [0.29, 0.717) is 0 Å². The minimum absolute atomic E-state index is 0.249. The Morgan fingerprint density at radius 3 is 1.47 bits per heavy atom. The molecule has 1 nitrogen and oxygen atoms in total. The van der Waals surface area contributed by atoms with Crippen molar-refractivity contribution in [3.8, 4) is 0 Å². The minimum Gasteiger partial charge on any atom is -0.368 e. The highest BCUT2D eigenvalue weighted by Crippen LogP contribution is 2.54. The van der Waals surface area contributed by atoms with Crippen molar-refractivity contribution >= 4 is 0 Å². The molecule has 2 rings (SSSR count). The molecule has 0 aromatic rings. The SMILES string of the molecule is CCCC1(OC2(CCC)CCC2C)CCC1C. The first-order chi connectivity index (χ1) is 8.08. The van der Waals surface area contributed by atoms with Gasteiger partial charge in [0.2, 0.25) is 0 Å². The highest BCUT2D eigenvalue weighted by Gasteiger charge is 2.53. The second kappa shape index (κ2) is 4.91. The highest BCUT2D eigenvalue weighted by atomic mass is 16.5. The maximum Gasteiger partial charge on any atom is 0.0715 e. The van der Waals surface area contributed by atoms with Crippen LogP contribution in [0.25, 0.3) is 0 Å². The fourth-order valence-electron chi connectivity index (χ4n) is 3.91. The molecule has 4 unspecified atom stereocenters. The average molecular weight is 238 g/mol. The summed E-state index contributed by atoms with van der Waals surface area (Å²) in [6.45, 7) is 9.38. The van der Waals surface area contributed by atoms with Crippen LogP contribution >= 0.6 is 0 Å². The molecule has 4 atom stereocenters. The Morgan fingerprint density at radius 1 is 0.882 bits per heavy atom. The van der Waals surface area contributed by atoms with Crippen LogP contribution in [-0.4, -0.2) is 11.2 Å². The Morgan fingerprint density at radius 2 is 1.29 bits per heavy atom. The van der Waals surface area contributed by atoms with Gasteiger partial charge in [-0.3, -0.25) is 0 Å². The van der Waals surface area contributed by atoms with E-state index in [1.54, 1.807) is 0 Å². The zero-order chi connectivity index (χ0) is 12.5. The van der Waals surface area contributed by atoms with Gasteiger partial charge in [-0.1, -0.05) is 40.5 Å². The van der Waals surface area contributed by atoms with E-state index in [1.807, 2.05) is 0 Å². The van der Waals surface area contributed by atoms with Crippen molar-refractivity contribution in [2.75, 3.05) is 0 Å². The van der Waals surface area contributed by atoms with Gasteiger partial charge in [0.25, 0.3) is 0 Å².